The Hall–Kier alpha value is -3.53. The third kappa shape index (κ3) is 2.30. The number of hydrogen-bond donors (Lipinski definition) is 3. The van der Waals surface area contributed by atoms with Crippen molar-refractivity contribution in [1.82, 2.24) is 24.9 Å². The number of nitrogens with one attached hydrogen (secondary N) is 2. The monoisotopic (exact) mass is 432 g/mol. The molecule has 1 aliphatic carbocycles. The fourth-order valence-electron chi connectivity index (χ4n) is 5.64. The number of hydrogen-bond acceptors (Lipinski definition) is 8. The van der Waals surface area contributed by atoms with E-state index in [-0.39, 0.29) is 23.9 Å². The van der Waals surface area contributed by atoms with Crippen LogP contribution in [0.2, 0.25) is 0 Å². The van der Waals surface area contributed by atoms with Crippen molar-refractivity contribution in [2.24, 2.45) is 17.6 Å². The second-order valence-electron chi connectivity index (χ2n) is 8.87. The van der Waals surface area contributed by atoms with Gasteiger partial charge in [-0.25, -0.2) is 14.4 Å². The van der Waals surface area contributed by atoms with Gasteiger partial charge in [0.25, 0.3) is 0 Å². The summed E-state index contributed by atoms with van der Waals surface area (Å²) in [5, 5.41) is 4.76. The van der Waals surface area contributed by atoms with Crippen LogP contribution in [0, 0.1) is 24.6 Å². The summed E-state index contributed by atoms with van der Waals surface area (Å²) in [6.45, 7) is 2.61. The van der Waals surface area contributed by atoms with Crippen molar-refractivity contribution < 1.29 is 9.13 Å². The summed E-state index contributed by atoms with van der Waals surface area (Å²) >= 11 is 0. The Labute approximate surface area is 182 Å². The van der Waals surface area contributed by atoms with Crippen molar-refractivity contribution in [3.63, 3.8) is 0 Å². The molecule has 0 spiro atoms. The number of aromatic amines is 1. The third-order valence-electron chi connectivity index (χ3n) is 7.21. The molecule has 1 saturated carbocycles. The maximum Gasteiger partial charge on any atom is 0.326 e. The molecule has 162 valence electrons. The highest BCUT2D eigenvalue weighted by atomic mass is 19.1. The fourth-order valence-corrected chi connectivity index (χ4v) is 5.64. The number of benzene rings is 1. The highest BCUT2D eigenvalue weighted by molar-refractivity contribution is 6.16. The summed E-state index contributed by atoms with van der Waals surface area (Å²) in [7, 11) is 1.78. The van der Waals surface area contributed by atoms with Gasteiger partial charge in [0, 0.05) is 42.5 Å². The number of H-pyrrole nitrogens is 1. The molecule has 9 nitrogen and oxygen atoms in total. The molecule has 7 rings (SSSR count). The predicted octanol–water partition coefficient (Wildman–Crippen LogP) is 2.50. The van der Waals surface area contributed by atoms with Crippen molar-refractivity contribution in [3.8, 4) is 11.8 Å². The van der Waals surface area contributed by atoms with Gasteiger partial charge in [-0.1, -0.05) is 0 Å². The number of nitrogens with zero attached hydrogens (tertiary/aromatic N) is 5. The molecule has 4 atom stereocenters. The van der Waals surface area contributed by atoms with E-state index in [0.717, 1.165) is 28.7 Å². The predicted molar refractivity (Wildman–Crippen MR) is 118 cm³/mol. The summed E-state index contributed by atoms with van der Waals surface area (Å²) in [5.74, 6) is 2.42. The van der Waals surface area contributed by atoms with E-state index < -0.39 is 0 Å². The molecule has 0 bridgehead atoms. The van der Waals surface area contributed by atoms with Gasteiger partial charge in [-0.3, -0.25) is 0 Å². The van der Waals surface area contributed by atoms with Crippen LogP contribution in [0.3, 0.4) is 0 Å². The van der Waals surface area contributed by atoms with E-state index in [2.05, 4.69) is 30.2 Å². The number of ether oxygens (including phenoxy) is 1. The highest BCUT2D eigenvalue weighted by Gasteiger charge is 2.60. The molecule has 5 heterocycles. The number of anilines is 2. The van der Waals surface area contributed by atoms with Gasteiger partial charge in [-0.15, -0.1) is 0 Å². The lowest BCUT2D eigenvalue weighted by Gasteiger charge is -2.29. The first-order chi connectivity index (χ1) is 15.5. The second kappa shape index (κ2) is 6.04. The zero-order chi connectivity index (χ0) is 21.7. The van der Waals surface area contributed by atoms with E-state index in [0.29, 0.717) is 46.7 Å². The smallest absolute Gasteiger partial charge is 0.326 e. The van der Waals surface area contributed by atoms with E-state index in [1.54, 1.807) is 25.5 Å². The molecule has 4 aromatic rings. The molecule has 3 unspecified atom stereocenters. The first-order valence-corrected chi connectivity index (χ1v) is 10.7. The number of rotatable bonds is 3. The number of aryl methyl sites for hydroxylation is 1. The number of aromatic nitrogens is 5. The van der Waals surface area contributed by atoms with Gasteiger partial charge in [0.15, 0.2) is 5.75 Å². The summed E-state index contributed by atoms with van der Waals surface area (Å²) < 4.78 is 21.2. The summed E-state index contributed by atoms with van der Waals surface area (Å²) in [4.78, 5) is 23.4. The Morgan fingerprint density at radius 2 is 2.06 bits per heavy atom. The SMILES string of the molecule is CNc1cc(F)c2c3c1[nH]c1nc(Oc4cnc(C)nc4)nc(c13)N1CC3C(N)C3[C@@H]1C2. The maximum atomic E-state index is 15.3. The van der Waals surface area contributed by atoms with E-state index in [1.165, 1.54) is 0 Å². The lowest BCUT2D eigenvalue weighted by Crippen LogP contribution is -2.39. The van der Waals surface area contributed by atoms with Gasteiger partial charge in [0.1, 0.15) is 23.1 Å². The molecule has 10 heteroatoms. The maximum absolute atomic E-state index is 15.3. The second-order valence-corrected chi connectivity index (χ2v) is 8.87. The molecule has 2 fully saturated rings. The molecule has 4 N–H and O–H groups in total. The summed E-state index contributed by atoms with van der Waals surface area (Å²) in [5.41, 5.74) is 9.14. The minimum absolute atomic E-state index is 0.106. The number of nitrogens with two attached hydrogens (primary N) is 1. The van der Waals surface area contributed by atoms with Crippen LogP contribution in [0.15, 0.2) is 18.5 Å². The van der Waals surface area contributed by atoms with Gasteiger partial charge in [0.2, 0.25) is 0 Å². The molecule has 0 amide bonds. The van der Waals surface area contributed by atoms with Crippen molar-refractivity contribution in [2.45, 2.75) is 25.4 Å². The zero-order valence-corrected chi connectivity index (χ0v) is 17.6. The van der Waals surface area contributed by atoms with Gasteiger partial charge in [-0.05, 0) is 25.3 Å². The highest BCUT2D eigenvalue weighted by Crippen LogP contribution is 2.54. The normalized spacial score (nSPS) is 25.2. The molecule has 1 saturated heterocycles. The van der Waals surface area contributed by atoms with E-state index in [1.807, 2.05) is 6.92 Å². The average Bonchev–Trinajstić information content (AvgIpc) is 3.11. The lowest BCUT2D eigenvalue weighted by atomic mass is 9.98. The van der Waals surface area contributed by atoms with E-state index in [4.69, 9.17) is 15.5 Å². The first kappa shape index (κ1) is 18.1. The van der Waals surface area contributed by atoms with Crippen LogP contribution in [0.1, 0.15) is 11.4 Å². The van der Waals surface area contributed by atoms with Crippen LogP contribution >= 0.6 is 0 Å². The van der Waals surface area contributed by atoms with Crippen molar-refractivity contribution in [3.05, 3.63) is 35.7 Å². The first-order valence-electron chi connectivity index (χ1n) is 10.7. The third-order valence-corrected chi connectivity index (χ3v) is 7.21. The largest absolute Gasteiger partial charge is 0.421 e. The lowest BCUT2D eigenvalue weighted by molar-refractivity contribution is 0.438. The van der Waals surface area contributed by atoms with Crippen molar-refractivity contribution in [2.75, 3.05) is 23.8 Å². The molecule has 3 aliphatic rings. The van der Waals surface area contributed by atoms with Crippen LogP contribution < -0.4 is 20.7 Å². The van der Waals surface area contributed by atoms with Crippen LogP contribution in [-0.2, 0) is 6.42 Å². The Balaban J connectivity index is 1.48. The van der Waals surface area contributed by atoms with Gasteiger partial charge in [-0.2, -0.15) is 9.97 Å². The molecule has 3 aromatic heterocycles. The summed E-state index contributed by atoms with van der Waals surface area (Å²) in [6, 6.07) is 2.03. The molecule has 1 aromatic carbocycles. The number of piperidine rings is 1. The molecular weight excluding hydrogens is 411 g/mol. The van der Waals surface area contributed by atoms with Gasteiger partial charge < -0.3 is 25.7 Å². The Morgan fingerprint density at radius 1 is 1.25 bits per heavy atom. The Morgan fingerprint density at radius 3 is 2.84 bits per heavy atom. The average molecular weight is 432 g/mol. The number of halogens is 1. The topological polar surface area (TPSA) is 118 Å². The van der Waals surface area contributed by atoms with E-state index >= 15 is 4.39 Å². The molecule has 32 heavy (non-hydrogen) atoms. The molecule has 2 aliphatic heterocycles. The number of fused-ring (bicyclic) bond motifs is 4. The van der Waals surface area contributed by atoms with Crippen LogP contribution in [-0.4, -0.2) is 50.6 Å². The van der Waals surface area contributed by atoms with Crippen molar-refractivity contribution in [1.29, 1.82) is 0 Å². The zero-order valence-electron chi connectivity index (χ0n) is 17.6. The fraction of sp³-hybridized carbons (Fsp3) is 0.364. The van der Waals surface area contributed by atoms with E-state index in [9.17, 15) is 0 Å². The Bertz CT molecular complexity index is 1420. The molecule has 0 radical (unpaired) electrons. The quantitative estimate of drug-likeness (QED) is 0.452. The van der Waals surface area contributed by atoms with Crippen LogP contribution in [0.5, 0.6) is 11.8 Å². The summed E-state index contributed by atoms with van der Waals surface area (Å²) in [6.07, 6.45) is 3.78. The van der Waals surface area contributed by atoms with Crippen LogP contribution in [0.25, 0.3) is 21.9 Å². The van der Waals surface area contributed by atoms with Crippen LogP contribution in [0.4, 0.5) is 15.9 Å². The van der Waals surface area contributed by atoms with Gasteiger partial charge >= 0.3 is 6.01 Å². The standard InChI is InChI=1S/C22H21FN8O/c1-8-26-5-9(6-27-8)32-22-29-20-17-16-10(12(23)4-13(25-2)19(16)28-20)3-14-15-11(18(15)24)7-31(14)21(17)30-22/h4-6,11,14-15,18,25H,3,7,24H2,1-2H3,(H,28,29,30)/t11?,14-,15?,18?/m0/s1. The minimum Gasteiger partial charge on any atom is -0.421 e. The van der Waals surface area contributed by atoms with Gasteiger partial charge in [0.05, 0.1) is 29.0 Å². The van der Waals surface area contributed by atoms with Crippen molar-refractivity contribution >= 4 is 33.4 Å². The Kier molecular flexibility index (Phi) is 3.41. The molecular formula is C22H21FN8O. The minimum atomic E-state index is -0.217.